The number of hydrogen-bond acceptors (Lipinski definition) is 4. The summed E-state index contributed by atoms with van der Waals surface area (Å²) in [7, 11) is 0. The van der Waals surface area contributed by atoms with Crippen LogP contribution >= 0.6 is 0 Å². The van der Waals surface area contributed by atoms with Crippen LogP contribution in [0.3, 0.4) is 0 Å². The van der Waals surface area contributed by atoms with Crippen LogP contribution in [0.5, 0.6) is 0 Å². The number of aliphatic carboxylic acids is 1. The lowest BCUT2D eigenvalue weighted by atomic mass is 10.0. The highest BCUT2D eigenvalue weighted by atomic mass is 16.4. The van der Waals surface area contributed by atoms with E-state index in [1.807, 2.05) is 12.1 Å². The van der Waals surface area contributed by atoms with Crippen molar-refractivity contribution in [3.8, 4) is 0 Å². The van der Waals surface area contributed by atoms with Gasteiger partial charge >= 0.3 is 5.97 Å². The third-order valence-electron chi connectivity index (χ3n) is 2.60. The molecule has 0 amide bonds. The van der Waals surface area contributed by atoms with Crippen molar-refractivity contribution < 1.29 is 19.8 Å². The van der Waals surface area contributed by atoms with Gasteiger partial charge in [-0.25, -0.2) is 0 Å². The first-order valence-electron chi connectivity index (χ1n) is 6.30. The summed E-state index contributed by atoms with van der Waals surface area (Å²) in [5, 5.41) is 17.5. The smallest absolute Gasteiger partial charge is 0.317 e. The average Bonchev–Trinajstić information content (AvgIpc) is 2.55. The monoisotopic (exact) mass is 287 g/mol. The van der Waals surface area contributed by atoms with Crippen LogP contribution in [-0.4, -0.2) is 28.5 Å². The first-order chi connectivity index (χ1) is 10.1. The summed E-state index contributed by atoms with van der Waals surface area (Å²) < 4.78 is 0. The number of carboxylic acids is 1. The summed E-state index contributed by atoms with van der Waals surface area (Å²) in [6.07, 6.45) is -1.08. The quantitative estimate of drug-likeness (QED) is 0.742. The van der Waals surface area contributed by atoms with E-state index in [2.05, 4.69) is 5.73 Å². The van der Waals surface area contributed by atoms with Crippen LogP contribution in [0.25, 0.3) is 0 Å². The molecule has 21 heavy (non-hydrogen) atoms. The zero-order valence-electron chi connectivity index (χ0n) is 11.3. The van der Waals surface area contributed by atoms with E-state index in [-0.39, 0.29) is 12.3 Å². The number of rotatable bonds is 4. The minimum atomic E-state index is -1.08. The highest BCUT2D eigenvalue weighted by Crippen LogP contribution is 2.17. The largest absolute Gasteiger partial charge is 0.480 e. The second kappa shape index (κ2) is 8.63. The number of aliphatic hydroxyl groups excluding tert-OH is 1. The third-order valence-corrected chi connectivity index (χ3v) is 2.60. The molecule has 2 rings (SSSR count). The molecule has 0 saturated carbocycles. The van der Waals surface area contributed by atoms with E-state index in [1.54, 1.807) is 48.5 Å². The molecule has 110 valence electrons. The van der Waals surface area contributed by atoms with Gasteiger partial charge in [-0.1, -0.05) is 60.7 Å². The highest BCUT2D eigenvalue weighted by molar-refractivity contribution is 5.99. The molecule has 1 unspecified atom stereocenters. The molecule has 0 aliphatic rings. The molecule has 0 fully saturated rings. The number of carbonyl (C=O) groups excluding carboxylic acids is 1. The lowest BCUT2D eigenvalue weighted by Crippen LogP contribution is -2.11. The molecule has 4 N–H and O–H groups in total. The van der Waals surface area contributed by atoms with Crippen LogP contribution < -0.4 is 5.73 Å². The van der Waals surface area contributed by atoms with Crippen molar-refractivity contribution in [2.45, 2.75) is 6.10 Å². The standard InChI is InChI=1S/C14H12O2.C2H5NO2/c15-13(11-7-3-1-4-8-11)14(16)12-9-5-2-6-10-12;3-1-2(4)5/h1-10,13,15H;1,3H2,(H,4,5). The maximum atomic E-state index is 11.9. The number of nitrogens with two attached hydrogens (primary N) is 1. The zero-order valence-corrected chi connectivity index (χ0v) is 11.3. The highest BCUT2D eigenvalue weighted by Gasteiger charge is 2.18. The topological polar surface area (TPSA) is 101 Å². The van der Waals surface area contributed by atoms with Crippen molar-refractivity contribution >= 4 is 11.8 Å². The van der Waals surface area contributed by atoms with Gasteiger partial charge in [0.1, 0.15) is 6.10 Å². The minimum absolute atomic E-state index is 0.271. The van der Waals surface area contributed by atoms with Gasteiger partial charge in [0.15, 0.2) is 5.78 Å². The Balaban J connectivity index is 0.000000383. The van der Waals surface area contributed by atoms with Gasteiger partial charge in [-0.05, 0) is 5.56 Å². The van der Waals surface area contributed by atoms with E-state index in [0.29, 0.717) is 11.1 Å². The van der Waals surface area contributed by atoms with Crippen LogP contribution in [0.15, 0.2) is 60.7 Å². The number of benzene rings is 2. The van der Waals surface area contributed by atoms with Crippen LogP contribution in [0.1, 0.15) is 22.0 Å². The van der Waals surface area contributed by atoms with E-state index in [0.717, 1.165) is 0 Å². The summed E-state index contributed by atoms with van der Waals surface area (Å²) in [5.41, 5.74) is 5.72. The van der Waals surface area contributed by atoms with Crippen molar-refractivity contribution in [1.29, 1.82) is 0 Å². The van der Waals surface area contributed by atoms with Crippen LogP contribution in [0.2, 0.25) is 0 Å². The Morgan fingerprint density at radius 1 is 0.952 bits per heavy atom. The molecule has 2 aromatic rings. The lowest BCUT2D eigenvalue weighted by Gasteiger charge is -2.09. The second-order valence-electron chi connectivity index (χ2n) is 4.14. The molecule has 0 saturated heterocycles. The first-order valence-corrected chi connectivity index (χ1v) is 6.30. The van der Waals surface area contributed by atoms with Gasteiger partial charge in [-0.3, -0.25) is 9.59 Å². The third kappa shape index (κ3) is 5.56. The number of aliphatic hydroxyl groups is 1. The van der Waals surface area contributed by atoms with Gasteiger partial charge in [-0.15, -0.1) is 0 Å². The Kier molecular flexibility index (Phi) is 6.80. The molecular formula is C16H17NO4. The average molecular weight is 287 g/mol. The van der Waals surface area contributed by atoms with E-state index in [4.69, 9.17) is 5.11 Å². The van der Waals surface area contributed by atoms with Crippen molar-refractivity contribution in [3.05, 3.63) is 71.8 Å². The summed E-state index contributed by atoms with van der Waals surface area (Å²) in [4.78, 5) is 21.1. The Bertz CT molecular complexity index is 569. The molecule has 0 radical (unpaired) electrons. The van der Waals surface area contributed by atoms with E-state index in [9.17, 15) is 14.7 Å². The van der Waals surface area contributed by atoms with Crippen molar-refractivity contribution in [1.82, 2.24) is 0 Å². The molecule has 0 spiro atoms. The van der Waals surface area contributed by atoms with Gasteiger partial charge in [0, 0.05) is 5.56 Å². The molecule has 5 heteroatoms. The van der Waals surface area contributed by atoms with E-state index < -0.39 is 12.1 Å². The van der Waals surface area contributed by atoms with Gasteiger partial charge in [0.05, 0.1) is 6.54 Å². The van der Waals surface area contributed by atoms with Crippen molar-refractivity contribution in [2.24, 2.45) is 5.73 Å². The SMILES string of the molecule is NCC(=O)O.O=C(c1ccccc1)C(O)c1ccccc1. The van der Waals surface area contributed by atoms with Crippen molar-refractivity contribution in [3.63, 3.8) is 0 Å². The molecule has 0 aliphatic heterocycles. The molecule has 1 atom stereocenters. The number of carbonyl (C=O) groups is 2. The van der Waals surface area contributed by atoms with Gasteiger partial charge < -0.3 is 15.9 Å². The van der Waals surface area contributed by atoms with Crippen LogP contribution in [-0.2, 0) is 4.79 Å². The Morgan fingerprint density at radius 3 is 1.81 bits per heavy atom. The maximum Gasteiger partial charge on any atom is 0.317 e. The Morgan fingerprint density at radius 2 is 1.38 bits per heavy atom. The summed E-state index contributed by atoms with van der Waals surface area (Å²) in [6.45, 7) is -0.278. The number of hydrogen-bond donors (Lipinski definition) is 3. The number of Topliss-reactive ketones (excluding diaryl/α,β-unsaturated/α-hetero) is 1. The van der Waals surface area contributed by atoms with Crippen LogP contribution in [0, 0.1) is 0 Å². The lowest BCUT2D eigenvalue weighted by molar-refractivity contribution is -0.135. The normalized spacial score (nSPS) is 11.0. The molecule has 0 aromatic heterocycles. The Labute approximate surface area is 122 Å². The number of ketones is 1. The summed E-state index contributed by atoms with van der Waals surface area (Å²) in [6, 6.07) is 17.7. The molecule has 0 heterocycles. The number of carboxylic acid groups (broad SMARTS) is 1. The molecule has 2 aromatic carbocycles. The molecule has 5 nitrogen and oxygen atoms in total. The second-order valence-corrected chi connectivity index (χ2v) is 4.14. The van der Waals surface area contributed by atoms with Crippen molar-refractivity contribution in [2.75, 3.05) is 6.54 Å². The fourth-order valence-electron chi connectivity index (χ4n) is 1.55. The minimum Gasteiger partial charge on any atom is -0.480 e. The van der Waals surface area contributed by atoms with Gasteiger partial charge in [0.2, 0.25) is 0 Å². The fourth-order valence-corrected chi connectivity index (χ4v) is 1.55. The molecule has 0 bridgehead atoms. The predicted molar refractivity (Wildman–Crippen MR) is 78.9 cm³/mol. The molecule has 0 aliphatic carbocycles. The van der Waals surface area contributed by atoms with Gasteiger partial charge in [-0.2, -0.15) is 0 Å². The fraction of sp³-hybridized carbons (Fsp3) is 0.125. The van der Waals surface area contributed by atoms with E-state index >= 15 is 0 Å². The molecular weight excluding hydrogens is 270 g/mol. The Hall–Kier alpha value is -2.50. The maximum absolute atomic E-state index is 11.9. The predicted octanol–water partition coefficient (Wildman–Crippen LogP) is 1.63. The van der Waals surface area contributed by atoms with E-state index in [1.165, 1.54) is 0 Å². The first kappa shape index (κ1) is 16.6. The summed E-state index contributed by atoms with van der Waals surface area (Å²) in [5.74, 6) is -1.24. The van der Waals surface area contributed by atoms with Gasteiger partial charge in [0.25, 0.3) is 0 Å². The van der Waals surface area contributed by atoms with Crippen LogP contribution in [0.4, 0.5) is 0 Å². The summed E-state index contributed by atoms with van der Waals surface area (Å²) >= 11 is 0. The zero-order chi connectivity index (χ0) is 15.7.